The molecule has 0 unspecified atom stereocenters. The van der Waals surface area contributed by atoms with E-state index in [-0.39, 0.29) is 5.56 Å². The maximum absolute atomic E-state index is 12.1. The summed E-state index contributed by atoms with van der Waals surface area (Å²) in [5, 5.41) is 4.48. The molecule has 0 aliphatic rings. The van der Waals surface area contributed by atoms with Gasteiger partial charge in [0.15, 0.2) is 5.65 Å². The molecule has 0 atom stereocenters. The van der Waals surface area contributed by atoms with Crippen LogP contribution in [0.15, 0.2) is 29.1 Å². The molecule has 5 heteroatoms. The van der Waals surface area contributed by atoms with Gasteiger partial charge >= 0.3 is 0 Å². The van der Waals surface area contributed by atoms with Crippen molar-refractivity contribution in [1.29, 1.82) is 0 Å². The third kappa shape index (κ3) is 2.16. The summed E-state index contributed by atoms with van der Waals surface area (Å²) in [6, 6.07) is 7.98. The largest absolute Gasteiger partial charge is 0.313 e. The first-order valence-corrected chi connectivity index (χ1v) is 6.68. The average Bonchev–Trinajstić information content (AvgIpc) is 2.45. The molecule has 2 aromatic heterocycles. The van der Waals surface area contributed by atoms with Gasteiger partial charge in [-0.15, -0.1) is 0 Å². The molecular formula is C15H16N4O. The Morgan fingerprint density at radius 1 is 1.25 bits per heavy atom. The minimum atomic E-state index is -0.142. The van der Waals surface area contributed by atoms with Crippen molar-refractivity contribution < 1.29 is 0 Å². The van der Waals surface area contributed by atoms with Gasteiger partial charge in [-0.2, -0.15) is 0 Å². The number of nitrogens with one attached hydrogen (secondary N) is 2. The first-order valence-electron chi connectivity index (χ1n) is 6.68. The molecule has 5 nitrogen and oxygen atoms in total. The highest BCUT2D eigenvalue weighted by atomic mass is 16.1. The van der Waals surface area contributed by atoms with Gasteiger partial charge in [-0.3, -0.25) is 4.79 Å². The van der Waals surface area contributed by atoms with Crippen molar-refractivity contribution in [3.8, 4) is 0 Å². The van der Waals surface area contributed by atoms with E-state index in [0.29, 0.717) is 23.4 Å². The minimum Gasteiger partial charge on any atom is -0.313 e. The Labute approximate surface area is 116 Å². The van der Waals surface area contributed by atoms with Gasteiger partial charge in [0, 0.05) is 5.39 Å². The van der Waals surface area contributed by atoms with Gasteiger partial charge in [0.05, 0.1) is 17.4 Å². The Morgan fingerprint density at radius 3 is 2.85 bits per heavy atom. The summed E-state index contributed by atoms with van der Waals surface area (Å²) in [5.74, 6) is 0.599. The van der Waals surface area contributed by atoms with Crippen LogP contribution in [0.5, 0.6) is 0 Å². The maximum atomic E-state index is 12.1. The normalized spacial score (nSPS) is 11.3. The number of fused-ring (bicyclic) bond motifs is 2. The number of aromatic nitrogens is 3. The smallest absolute Gasteiger partial charge is 0.260 e. The Hall–Kier alpha value is -2.27. The molecule has 0 bridgehead atoms. The second-order valence-electron chi connectivity index (χ2n) is 4.78. The van der Waals surface area contributed by atoms with Crippen LogP contribution in [0.2, 0.25) is 0 Å². The number of aromatic amines is 1. The van der Waals surface area contributed by atoms with Crippen LogP contribution in [-0.4, -0.2) is 22.0 Å². The molecule has 0 aliphatic carbocycles. The fraction of sp³-hybridized carbons (Fsp3) is 0.267. The number of hydrogen-bond acceptors (Lipinski definition) is 4. The van der Waals surface area contributed by atoms with E-state index in [9.17, 15) is 4.79 Å². The summed E-state index contributed by atoms with van der Waals surface area (Å²) in [5.41, 5.74) is 2.45. The lowest BCUT2D eigenvalue weighted by molar-refractivity contribution is 0.758. The van der Waals surface area contributed by atoms with E-state index in [1.807, 2.05) is 19.2 Å². The summed E-state index contributed by atoms with van der Waals surface area (Å²) in [4.78, 5) is 23.8. The standard InChI is InChI=1S/C15H16N4O/c1-3-9-4-5-12-10(6-9)7-11-14(17-12)18-13(8-16-2)19-15(11)20/h4-7,16H,3,8H2,1-2H3,(H,17,18,19,20). The number of hydrogen-bond donors (Lipinski definition) is 2. The highest BCUT2D eigenvalue weighted by Gasteiger charge is 2.07. The van der Waals surface area contributed by atoms with Crippen LogP contribution in [0, 0.1) is 0 Å². The number of pyridine rings is 1. The van der Waals surface area contributed by atoms with E-state index in [0.717, 1.165) is 17.3 Å². The van der Waals surface area contributed by atoms with Crippen LogP contribution < -0.4 is 10.9 Å². The molecule has 20 heavy (non-hydrogen) atoms. The third-order valence-corrected chi connectivity index (χ3v) is 3.35. The van der Waals surface area contributed by atoms with Crippen LogP contribution in [-0.2, 0) is 13.0 Å². The van der Waals surface area contributed by atoms with Crippen LogP contribution in [0.25, 0.3) is 21.9 Å². The number of H-pyrrole nitrogens is 1. The van der Waals surface area contributed by atoms with Crippen LogP contribution in [0.3, 0.4) is 0 Å². The lowest BCUT2D eigenvalue weighted by atomic mass is 10.1. The van der Waals surface area contributed by atoms with Crippen LogP contribution >= 0.6 is 0 Å². The molecule has 0 fully saturated rings. The molecule has 0 amide bonds. The first-order chi connectivity index (χ1) is 9.71. The van der Waals surface area contributed by atoms with Crippen LogP contribution in [0.1, 0.15) is 18.3 Å². The Morgan fingerprint density at radius 2 is 2.10 bits per heavy atom. The van der Waals surface area contributed by atoms with Crippen molar-refractivity contribution in [3.05, 3.63) is 46.0 Å². The van der Waals surface area contributed by atoms with Crippen molar-refractivity contribution in [2.75, 3.05) is 7.05 Å². The van der Waals surface area contributed by atoms with Crippen LogP contribution in [0.4, 0.5) is 0 Å². The molecule has 2 N–H and O–H groups in total. The number of nitrogens with zero attached hydrogens (tertiary/aromatic N) is 2. The Balaban J connectivity index is 2.29. The van der Waals surface area contributed by atoms with E-state index >= 15 is 0 Å². The number of aryl methyl sites for hydroxylation is 1. The van der Waals surface area contributed by atoms with Gasteiger partial charge < -0.3 is 10.3 Å². The van der Waals surface area contributed by atoms with Gasteiger partial charge in [-0.1, -0.05) is 13.0 Å². The number of rotatable bonds is 3. The second kappa shape index (κ2) is 5.02. The molecule has 2 heterocycles. The zero-order chi connectivity index (χ0) is 14.1. The molecule has 3 aromatic rings. The van der Waals surface area contributed by atoms with Gasteiger partial charge in [0.25, 0.3) is 5.56 Å². The Bertz CT molecular complexity index is 838. The summed E-state index contributed by atoms with van der Waals surface area (Å²) in [6.45, 7) is 2.62. The molecule has 102 valence electrons. The Kier molecular flexibility index (Phi) is 3.20. The van der Waals surface area contributed by atoms with E-state index in [1.54, 1.807) is 0 Å². The van der Waals surface area contributed by atoms with E-state index in [4.69, 9.17) is 0 Å². The van der Waals surface area contributed by atoms with Gasteiger partial charge in [-0.05, 0) is 37.2 Å². The number of benzene rings is 1. The monoisotopic (exact) mass is 268 g/mol. The lowest BCUT2D eigenvalue weighted by Gasteiger charge is -2.05. The average molecular weight is 268 g/mol. The topological polar surface area (TPSA) is 70.7 Å². The quantitative estimate of drug-likeness (QED) is 0.710. The highest BCUT2D eigenvalue weighted by molar-refractivity contribution is 5.90. The predicted octanol–water partition coefficient (Wildman–Crippen LogP) is 1.75. The highest BCUT2D eigenvalue weighted by Crippen LogP contribution is 2.18. The molecular weight excluding hydrogens is 252 g/mol. The molecule has 0 saturated carbocycles. The zero-order valence-corrected chi connectivity index (χ0v) is 11.5. The molecule has 0 spiro atoms. The lowest BCUT2D eigenvalue weighted by Crippen LogP contribution is -2.17. The fourth-order valence-electron chi connectivity index (χ4n) is 2.29. The second-order valence-corrected chi connectivity index (χ2v) is 4.78. The van der Waals surface area contributed by atoms with E-state index in [1.165, 1.54) is 5.56 Å². The predicted molar refractivity (Wildman–Crippen MR) is 79.8 cm³/mol. The minimum absolute atomic E-state index is 0.142. The van der Waals surface area contributed by atoms with Gasteiger partial charge in [0.1, 0.15) is 5.82 Å². The van der Waals surface area contributed by atoms with E-state index in [2.05, 4.69) is 39.3 Å². The molecule has 0 aliphatic heterocycles. The fourth-order valence-corrected chi connectivity index (χ4v) is 2.29. The van der Waals surface area contributed by atoms with Gasteiger partial charge in [-0.25, -0.2) is 9.97 Å². The van der Waals surface area contributed by atoms with Crippen molar-refractivity contribution in [2.24, 2.45) is 0 Å². The molecule has 0 saturated heterocycles. The van der Waals surface area contributed by atoms with Crippen molar-refractivity contribution in [3.63, 3.8) is 0 Å². The summed E-state index contributed by atoms with van der Waals surface area (Å²) < 4.78 is 0. The maximum Gasteiger partial charge on any atom is 0.260 e. The summed E-state index contributed by atoms with van der Waals surface area (Å²) in [7, 11) is 1.81. The molecule has 3 rings (SSSR count). The molecule has 0 radical (unpaired) electrons. The zero-order valence-electron chi connectivity index (χ0n) is 11.5. The summed E-state index contributed by atoms with van der Waals surface area (Å²) in [6.07, 6.45) is 0.962. The van der Waals surface area contributed by atoms with E-state index < -0.39 is 0 Å². The van der Waals surface area contributed by atoms with Crippen molar-refractivity contribution >= 4 is 21.9 Å². The SMILES string of the molecule is CCc1ccc2nc3nc(CNC)[nH]c(=O)c3cc2c1. The van der Waals surface area contributed by atoms with Crippen molar-refractivity contribution in [2.45, 2.75) is 19.9 Å². The third-order valence-electron chi connectivity index (χ3n) is 3.35. The van der Waals surface area contributed by atoms with Gasteiger partial charge in [0.2, 0.25) is 0 Å². The summed E-state index contributed by atoms with van der Waals surface area (Å²) >= 11 is 0. The molecule has 1 aromatic carbocycles. The van der Waals surface area contributed by atoms with Crippen molar-refractivity contribution in [1.82, 2.24) is 20.3 Å². The first kappa shape index (κ1) is 12.7.